The number of hydrogen-bond donors (Lipinski definition) is 2. The average molecular weight is 466 g/mol. The summed E-state index contributed by atoms with van der Waals surface area (Å²) in [5, 5.41) is 5.47. The zero-order valence-electron chi connectivity index (χ0n) is 18.2. The molecule has 1 amide bonds. The predicted molar refractivity (Wildman–Crippen MR) is 126 cm³/mol. The van der Waals surface area contributed by atoms with Gasteiger partial charge < -0.3 is 19.9 Å². The lowest BCUT2D eigenvalue weighted by Gasteiger charge is -2.26. The monoisotopic (exact) mass is 465 g/mol. The number of fused-ring (bicyclic) bond motifs is 2. The van der Waals surface area contributed by atoms with Gasteiger partial charge in [0, 0.05) is 13.1 Å². The molecule has 1 aliphatic rings. The van der Waals surface area contributed by atoms with E-state index < -0.39 is 0 Å². The second kappa shape index (κ2) is 9.19. The number of carbonyl (C=O) groups is 1. The maximum atomic E-state index is 12.7. The summed E-state index contributed by atoms with van der Waals surface area (Å²) in [4.78, 5) is 34.9. The first-order valence-electron chi connectivity index (χ1n) is 11.0. The number of aromatic nitrogens is 5. The SMILES string of the molecule is C[C@H](Nc1ncnc2nc[nH]c12)c1cc2cccc(Cl)c2c(OCC(=O)N2CCCCC2)n1. The van der Waals surface area contributed by atoms with E-state index in [0.29, 0.717) is 27.8 Å². The summed E-state index contributed by atoms with van der Waals surface area (Å²) in [5.74, 6) is 0.943. The second-order valence-electron chi connectivity index (χ2n) is 8.11. The molecule has 170 valence electrons. The number of anilines is 1. The van der Waals surface area contributed by atoms with Crippen molar-refractivity contribution in [1.29, 1.82) is 0 Å². The van der Waals surface area contributed by atoms with Crippen LogP contribution < -0.4 is 10.1 Å². The minimum atomic E-state index is -0.213. The van der Waals surface area contributed by atoms with Crippen molar-refractivity contribution in [3.63, 3.8) is 0 Å². The Labute approximate surface area is 195 Å². The van der Waals surface area contributed by atoms with Gasteiger partial charge in [0.15, 0.2) is 18.1 Å². The van der Waals surface area contributed by atoms with Crippen molar-refractivity contribution >= 4 is 45.3 Å². The van der Waals surface area contributed by atoms with Crippen LogP contribution >= 0.6 is 11.6 Å². The summed E-state index contributed by atoms with van der Waals surface area (Å²) in [6, 6.07) is 7.38. The lowest BCUT2D eigenvalue weighted by Crippen LogP contribution is -2.38. The highest BCUT2D eigenvalue weighted by atomic mass is 35.5. The van der Waals surface area contributed by atoms with Crippen LogP contribution in [0.15, 0.2) is 36.9 Å². The molecule has 9 nitrogen and oxygen atoms in total. The molecule has 0 spiro atoms. The largest absolute Gasteiger partial charge is 0.467 e. The van der Waals surface area contributed by atoms with Crippen molar-refractivity contribution < 1.29 is 9.53 Å². The topological polar surface area (TPSA) is 109 Å². The van der Waals surface area contributed by atoms with Gasteiger partial charge in [-0.15, -0.1) is 0 Å². The molecule has 0 unspecified atom stereocenters. The van der Waals surface area contributed by atoms with E-state index in [1.807, 2.05) is 30.0 Å². The fourth-order valence-corrected chi connectivity index (χ4v) is 4.36. The van der Waals surface area contributed by atoms with Crippen molar-refractivity contribution in [2.45, 2.75) is 32.2 Å². The first kappa shape index (κ1) is 21.4. The van der Waals surface area contributed by atoms with E-state index in [-0.39, 0.29) is 18.6 Å². The first-order chi connectivity index (χ1) is 16.1. The number of ether oxygens (including phenoxy) is 1. The number of rotatable bonds is 6. The van der Waals surface area contributed by atoms with Crippen molar-refractivity contribution in [3.05, 3.63) is 47.6 Å². The number of nitrogens with one attached hydrogen (secondary N) is 2. The highest BCUT2D eigenvalue weighted by molar-refractivity contribution is 6.36. The lowest BCUT2D eigenvalue weighted by molar-refractivity contribution is -0.134. The highest BCUT2D eigenvalue weighted by Crippen LogP contribution is 2.33. The molecular weight excluding hydrogens is 442 g/mol. The van der Waals surface area contributed by atoms with Gasteiger partial charge in [-0.3, -0.25) is 4.79 Å². The molecule has 10 heteroatoms. The third-order valence-electron chi connectivity index (χ3n) is 5.85. The zero-order valence-corrected chi connectivity index (χ0v) is 19.0. The Hall–Kier alpha value is -3.46. The quantitative estimate of drug-likeness (QED) is 0.440. The maximum Gasteiger partial charge on any atom is 0.260 e. The number of amides is 1. The minimum absolute atomic E-state index is 0.0316. The summed E-state index contributed by atoms with van der Waals surface area (Å²) < 4.78 is 5.96. The number of imidazole rings is 1. The summed E-state index contributed by atoms with van der Waals surface area (Å²) in [6.07, 6.45) is 6.27. The van der Waals surface area contributed by atoms with Crippen molar-refractivity contribution in [2.75, 3.05) is 25.0 Å². The number of benzene rings is 1. The van der Waals surface area contributed by atoms with Gasteiger partial charge in [-0.2, -0.15) is 0 Å². The van der Waals surface area contributed by atoms with Gasteiger partial charge in [0.1, 0.15) is 11.8 Å². The molecule has 1 atom stereocenters. The fourth-order valence-electron chi connectivity index (χ4n) is 4.10. The Morgan fingerprint density at radius 1 is 1.24 bits per heavy atom. The van der Waals surface area contributed by atoms with Gasteiger partial charge >= 0.3 is 0 Å². The molecule has 1 aromatic carbocycles. The van der Waals surface area contributed by atoms with E-state index in [2.05, 4.69) is 25.3 Å². The minimum Gasteiger partial charge on any atom is -0.467 e. The van der Waals surface area contributed by atoms with Crippen LogP contribution in [-0.4, -0.2) is 55.4 Å². The normalized spacial score (nSPS) is 15.0. The van der Waals surface area contributed by atoms with E-state index >= 15 is 0 Å². The standard InChI is InChI=1S/C23H24ClN7O2/c1-14(29-22-20-21(26-12-25-20)27-13-28-22)17-10-15-6-5-7-16(24)19(15)23(30-17)33-11-18(32)31-8-3-2-4-9-31/h5-7,10,12-14H,2-4,8-9,11H2,1H3,(H2,25,26,27,28,29)/t14-/m0/s1. The fraction of sp³-hybridized carbons (Fsp3) is 0.348. The van der Waals surface area contributed by atoms with Crippen LogP contribution in [0.5, 0.6) is 5.88 Å². The average Bonchev–Trinajstić information content (AvgIpc) is 3.33. The van der Waals surface area contributed by atoms with E-state index in [1.54, 1.807) is 12.4 Å². The molecule has 4 heterocycles. The number of halogens is 1. The Morgan fingerprint density at radius 2 is 2.09 bits per heavy atom. The summed E-state index contributed by atoms with van der Waals surface area (Å²) in [6.45, 7) is 3.46. The third kappa shape index (κ3) is 4.41. The van der Waals surface area contributed by atoms with Gasteiger partial charge in [0.05, 0.1) is 28.5 Å². The summed E-state index contributed by atoms with van der Waals surface area (Å²) in [7, 11) is 0. The second-order valence-corrected chi connectivity index (χ2v) is 8.52. The molecule has 0 radical (unpaired) electrons. The van der Waals surface area contributed by atoms with Crippen LogP contribution in [0.4, 0.5) is 5.82 Å². The van der Waals surface area contributed by atoms with Crippen LogP contribution in [0.25, 0.3) is 21.9 Å². The molecular formula is C23H24ClN7O2. The van der Waals surface area contributed by atoms with Crippen LogP contribution in [0.3, 0.4) is 0 Å². The molecule has 2 N–H and O–H groups in total. The number of H-pyrrole nitrogens is 1. The van der Waals surface area contributed by atoms with Crippen molar-refractivity contribution in [3.8, 4) is 5.88 Å². The van der Waals surface area contributed by atoms with Gasteiger partial charge in [-0.25, -0.2) is 19.9 Å². The molecule has 4 aromatic rings. The van der Waals surface area contributed by atoms with Gasteiger partial charge in [0.25, 0.3) is 5.91 Å². The van der Waals surface area contributed by atoms with Gasteiger partial charge in [-0.1, -0.05) is 23.7 Å². The van der Waals surface area contributed by atoms with Crippen LogP contribution in [0.2, 0.25) is 5.02 Å². The molecule has 0 saturated carbocycles. The number of likely N-dealkylation sites (tertiary alicyclic amines) is 1. The predicted octanol–water partition coefficient (Wildman–Crippen LogP) is 4.12. The molecule has 1 saturated heterocycles. The lowest BCUT2D eigenvalue weighted by atomic mass is 10.1. The van der Waals surface area contributed by atoms with E-state index in [9.17, 15) is 4.79 Å². The summed E-state index contributed by atoms with van der Waals surface area (Å²) in [5.41, 5.74) is 2.03. The van der Waals surface area contributed by atoms with Gasteiger partial charge in [0.2, 0.25) is 5.88 Å². The molecule has 1 fully saturated rings. The zero-order chi connectivity index (χ0) is 22.8. The Morgan fingerprint density at radius 3 is 2.94 bits per heavy atom. The number of hydrogen-bond acceptors (Lipinski definition) is 7. The smallest absolute Gasteiger partial charge is 0.260 e. The first-order valence-corrected chi connectivity index (χ1v) is 11.4. The molecule has 0 bridgehead atoms. The number of pyridine rings is 1. The van der Waals surface area contributed by atoms with Crippen molar-refractivity contribution in [1.82, 2.24) is 29.8 Å². The Kier molecular flexibility index (Phi) is 5.95. The Bertz CT molecular complexity index is 1300. The molecule has 33 heavy (non-hydrogen) atoms. The number of nitrogens with zero attached hydrogens (tertiary/aromatic N) is 5. The highest BCUT2D eigenvalue weighted by Gasteiger charge is 2.20. The van der Waals surface area contributed by atoms with Crippen LogP contribution in [-0.2, 0) is 4.79 Å². The van der Waals surface area contributed by atoms with Crippen LogP contribution in [0.1, 0.15) is 37.9 Å². The van der Waals surface area contributed by atoms with Crippen LogP contribution in [0, 0.1) is 0 Å². The third-order valence-corrected chi connectivity index (χ3v) is 6.17. The van der Waals surface area contributed by atoms with Gasteiger partial charge in [-0.05, 0) is 43.7 Å². The molecule has 5 rings (SSSR count). The Balaban J connectivity index is 1.43. The maximum absolute atomic E-state index is 12.7. The molecule has 0 aliphatic carbocycles. The van der Waals surface area contributed by atoms with E-state index in [0.717, 1.165) is 48.9 Å². The molecule has 3 aromatic heterocycles. The summed E-state index contributed by atoms with van der Waals surface area (Å²) >= 11 is 6.48. The molecule has 1 aliphatic heterocycles. The van der Waals surface area contributed by atoms with Crippen molar-refractivity contribution in [2.24, 2.45) is 0 Å². The van der Waals surface area contributed by atoms with E-state index in [4.69, 9.17) is 21.3 Å². The number of carbonyl (C=O) groups excluding carboxylic acids is 1. The number of piperidine rings is 1. The van der Waals surface area contributed by atoms with E-state index in [1.165, 1.54) is 6.33 Å². The number of aromatic amines is 1.